The van der Waals surface area contributed by atoms with E-state index in [-0.39, 0.29) is 18.5 Å². The second-order valence-electron chi connectivity index (χ2n) is 7.25. The molecule has 1 atom stereocenters. The van der Waals surface area contributed by atoms with Crippen molar-refractivity contribution in [2.75, 3.05) is 17.1 Å². The Morgan fingerprint density at radius 3 is 2.42 bits per heavy atom. The van der Waals surface area contributed by atoms with Gasteiger partial charge in [-0.1, -0.05) is 44.2 Å². The number of sulfonamides is 1. The second-order valence-corrected chi connectivity index (χ2v) is 9.16. The number of nitrogens with zero attached hydrogens (tertiary/aromatic N) is 1. The van der Waals surface area contributed by atoms with Crippen molar-refractivity contribution < 1.29 is 17.9 Å². The number of para-hydroxylation sites is 2. The maximum Gasteiger partial charge on any atom is 0.261 e. The molecule has 2 aliphatic rings. The Morgan fingerprint density at radius 2 is 1.73 bits per heavy atom. The normalized spacial score (nSPS) is 22.3. The minimum atomic E-state index is -3.43. The number of carbonyl (C=O) groups excluding carboxylic acids is 1. The summed E-state index contributed by atoms with van der Waals surface area (Å²) in [6, 6.07) is 7.18. The van der Waals surface area contributed by atoms with Gasteiger partial charge in [0.1, 0.15) is 5.75 Å². The Labute approximate surface area is 156 Å². The fraction of sp³-hybridized carbons (Fsp3) is 0.632. The third kappa shape index (κ3) is 4.69. The van der Waals surface area contributed by atoms with Crippen LogP contribution in [-0.2, 0) is 14.8 Å². The van der Waals surface area contributed by atoms with Gasteiger partial charge < -0.3 is 10.1 Å². The van der Waals surface area contributed by atoms with E-state index >= 15 is 0 Å². The summed E-state index contributed by atoms with van der Waals surface area (Å²) in [6.45, 7) is 0.235. The monoisotopic (exact) mass is 380 g/mol. The molecule has 1 N–H and O–H groups in total. The third-order valence-electron chi connectivity index (χ3n) is 5.14. The van der Waals surface area contributed by atoms with Gasteiger partial charge in [-0.2, -0.15) is 0 Å². The molecule has 0 radical (unpaired) electrons. The van der Waals surface area contributed by atoms with Gasteiger partial charge in [-0.15, -0.1) is 0 Å². The Morgan fingerprint density at radius 1 is 1.08 bits per heavy atom. The van der Waals surface area contributed by atoms with Crippen LogP contribution in [0.3, 0.4) is 0 Å². The lowest BCUT2D eigenvalue weighted by molar-refractivity contribution is -0.128. The molecule has 1 aromatic rings. The number of rotatable bonds is 3. The Balaban J connectivity index is 1.72. The lowest BCUT2D eigenvalue weighted by Gasteiger charge is -2.24. The third-order valence-corrected chi connectivity index (χ3v) is 6.32. The largest absolute Gasteiger partial charge is 0.478 e. The molecule has 1 aliphatic carbocycles. The molecule has 0 unspecified atom stereocenters. The molecule has 1 fully saturated rings. The predicted octanol–water partition coefficient (Wildman–Crippen LogP) is 2.83. The molecule has 1 amide bonds. The van der Waals surface area contributed by atoms with Crippen LogP contribution in [0.2, 0.25) is 0 Å². The molecule has 0 aromatic heterocycles. The van der Waals surface area contributed by atoms with Crippen molar-refractivity contribution in [1.29, 1.82) is 0 Å². The summed E-state index contributed by atoms with van der Waals surface area (Å²) in [5.41, 5.74) is 0.497. The molecule has 7 heteroatoms. The number of nitrogens with one attached hydrogen (secondary N) is 1. The zero-order valence-electron chi connectivity index (χ0n) is 15.3. The first-order chi connectivity index (χ1) is 12.4. The van der Waals surface area contributed by atoms with Gasteiger partial charge in [0.2, 0.25) is 10.0 Å². The van der Waals surface area contributed by atoms with Crippen molar-refractivity contribution in [3.8, 4) is 5.75 Å². The zero-order valence-corrected chi connectivity index (χ0v) is 16.1. The molecule has 1 aromatic carbocycles. The molecule has 1 heterocycles. The maximum atomic E-state index is 12.8. The van der Waals surface area contributed by atoms with Crippen molar-refractivity contribution in [3.05, 3.63) is 24.3 Å². The summed E-state index contributed by atoms with van der Waals surface area (Å²) < 4.78 is 31.5. The van der Waals surface area contributed by atoms with Gasteiger partial charge in [0.05, 0.1) is 11.9 Å². The standard InChI is InChI=1S/C19H28N2O4S/c1-26(23,24)21-14-13-18(25-17-12-8-7-11-16(17)21)19(22)20-15-9-5-3-2-4-6-10-15/h7-8,11-12,15,18H,2-6,9-10,13-14H2,1H3,(H,20,22)/t18-/m0/s1. The second kappa shape index (κ2) is 8.29. The summed E-state index contributed by atoms with van der Waals surface area (Å²) >= 11 is 0. The van der Waals surface area contributed by atoms with Crippen molar-refractivity contribution in [1.82, 2.24) is 5.32 Å². The van der Waals surface area contributed by atoms with Crippen LogP contribution in [0.15, 0.2) is 24.3 Å². The first-order valence-electron chi connectivity index (χ1n) is 9.49. The molecule has 144 valence electrons. The van der Waals surface area contributed by atoms with E-state index in [0.717, 1.165) is 25.7 Å². The molecule has 0 spiro atoms. The molecule has 3 rings (SSSR count). The minimum absolute atomic E-state index is 0.138. The van der Waals surface area contributed by atoms with Crippen molar-refractivity contribution in [2.24, 2.45) is 0 Å². The van der Waals surface area contributed by atoms with Gasteiger partial charge in [-0.05, 0) is 25.0 Å². The van der Waals surface area contributed by atoms with Crippen molar-refractivity contribution in [3.63, 3.8) is 0 Å². The number of ether oxygens (including phenoxy) is 1. The molecular weight excluding hydrogens is 352 g/mol. The van der Waals surface area contributed by atoms with Gasteiger partial charge in [0.15, 0.2) is 6.10 Å². The van der Waals surface area contributed by atoms with E-state index in [0.29, 0.717) is 17.9 Å². The predicted molar refractivity (Wildman–Crippen MR) is 102 cm³/mol. The molecule has 0 saturated heterocycles. The number of benzene rings is 1. The number of hydrogen-bond donors (Lipinski definition) is 1. The molecule has 26 heavy (non-hydrogen) atoms. The van der Waals surface area contributed by atoms with Crippen LogP contribution >= 0.6 is 0 Å². The van der Waals surface area contributed by atoms with E-state index < -0.39 is 16.1 Å². The minimum Gasteiger partial charge on any atom is -0.478 e. The van der Waals surface area contributed by atoms with E-state index in [1.165, 1.54) is 29.8 Å². The first kappa shape index (κ1) is 19.0. The quantitative estimate of drug-likeness (QED) is 0.875. The average Bonchev–Trinajstić information content (AvgIpc) is 2.76. The van der Waals surface area contributed by atoms with Crippen LogP contribution in [0.1, 0.15) is 51.4 Å². The van der Waals surface area contributed by atoms with Gasteiger partial charge >= 0.3 is 0 Å². The molecule has 6 nitrogen and oxygen atoms in total. The first-order valence-corrected chi connectivity index (χ1v) is 11.3. The number of amides is 1. The van der Waals surface area contributed by atoms with Crippen molar-refractivity contribution in [2.45, 2.75) is 63.5 Å². The van der Waals surface area contributed by atoms with Crippen LogP contribution in [0.5, 0.6) is 5.75 Å². The highest BCUT2D eigenvalue weighted by Crippen LogP contribution is 2.33. The van der Waals surface area contributed by atoms with Crippen LogP contribution in [-0.4, -0.2) is 39.3 Å². The summed E-state index contributed by atoms with van der Waals surface area (Å²) in [5.74, 6) is 0.300. The number of anilines is 1. The Kier molecular flexibility index (Phi) is 6.06. The maximum absolute atomic E-state index is 12.8. The van der Waals surface area contributed by atoms with E-state index in [1.54, 1.807) is 24.3 Å². The van der Waals surface area contributed by atoms with Crippen LogP contribution in [0.25, 0.3) is 0 Å². The SMILES string of the molecule is CS(=O)(=O)N1CC[C@@H](C(=O)NC2CCCCCCC2)Oc2ccccc21. The van der Waals surface area contributed by atoms with Gasteiger partial charge in [-0.25, -0.2) is 8.42 Å². The highest BCUT2D eigenvalue weighted by atomic mass is 32.2. The van der Waals surface area contributed by atoms with E-state index in [4.69, 9.17) is 4.74 Å². The van der Waals surface area contributed by atoms with Gasteiger partial charge in [0, 0.05) is 19.0 Å². The van der Waals surface area contributed by atoms with Crippen molar-refractivity contribution >= 4 is 21.6 Å². The van der Waals surface area contributed by atoms with E-state index in [9.17, 15) is 13.2 Å². The molecule has 1 aliphatic heterocycles. The Hall–Kier alpha value is -1.76. The van der Waals surface area contributed by atoms with E-state index in [2.05, 4.69) is 5.32 Å². The molecular formula is C19H28N2O4S. The van der Waals surface area contributed by atoms with Crippen LogP contribution < -0.4 is 14.4 Å². The summed E-state index contributed by atoms with van der Waals surface area (Å²) in [6.07, 6.45) is 8.86. The summed E-state index contributed by atoms with van der Waals surface area (Å²) in [5, 5.41) is 3.14. The summed E-state index contributed by atoms with van der Waals surface area (Å²) in [4.78, 5) is 12.8. The smallest absolute Gasteiger partial charge is 0.261 e. The zero-order chi connectivity index (χ0) is 18.6. The Bertz CT molecular complexity index is 727. The highest BCUT2D eigenvalue weighted by Gasteiger charge is 2.31. The number of carbonyl (C=O) groups is 1. The highest BCUT2D eigenvalue weighted by molar-refractivity contribution is 7.92. The van der Waals surface area contributed by atoms with E-state index in [1.807, 2.05) is 0 Å². The number of hydrogen-bond acceptors (Lipinski definition) is 4. The van der Waals surface area contributed by atoms with Crippen LogP contribution in [0, 0.1) is 0 Å². The molecule has 1 saturated carbocycles. The topological polar surface area (TPSA) is 75.7 Å². The molecule has 0 bridgehead atoms. The van der Waals surface area contributed by atoms with Gasteiger partial charge in [-0.3, -0.25) is 9.10 Å². The number of fused-ring (bicyclic) bond motifs is 1. The average molecular weight is 381 g/mol. The lowest BCUT2D eigenvalue weighted by atomic mass is 9.96. The summed E-state index contributed by atoms with van der Waals surface area (Å²) in [7, 11) is -3.43. The van der Waals surface area contributed by atoms with Gasteiger partial charge in [0.25, 0.3) is 5.91 Å². The van der Waals surface area contributed by atoms with Crippen LogP contribution in [0.4, 0.5) is 5.69 Å². The fourth-order valence-electron chi connectivity index (χ4n) is 3.75. The fourth-order valence-corrected chi connectivity index (χ4v) is 4.70. The lowest BCUT2D eigenvalue weighted by Crippen LogP contribution is -2.44.